The molecule has 10 heavy (non-hydrogen) atoms. The molecule has 0 aromatic rings. The van der Waals surface area contributed by atoms with Crippen LogP contribution in [0.1, 0.15) is 0 Å². The van der Waals surface area contributed by atoms with Crippen LogP contribution >= 0.6 is 24.8 Å². The van der Waals surface area contributed by atoms with E-state index in [-0.39, 0.29) is 24.8 Å². The second-order valence-corrected chi connectivity index (χ2v) is 1.48. The summed E-state index contributed by atoms with van der Waals surface area (Å²) < 4.78 is 11.5. The van der Waals surface area contributed by atoms with Gasteiger partial charge in [-0.15, -0.1) is 24.8 Å². The fraction of sp³-hybridized carbons (Fsp3) is 0.600. The Kier molecular flexibility index (Phi) is 19.8. The maximum atomic E-state index is 11.5. The number of alkyl halides is 1. The van der Waals surface area contributed by atoms with Gasteiger partial charge in [-0.3, -0.25) is 0 Å². The van der Waals surface area contributed by atoms with Crippen LogP contribution in [0.15, 0.2) is 12.2 Å². The van der Waals surface area contributed by atoms with Gasteiger partial charge in [0.05, 0.1) is 6.04 Å². The largest absolute Gasteiger partial charge is 0.327 e. The van der Waals surface area contributed by atoms with Crippen molar-refractivity contribution >= 4 is 24.8 Å². The molecule has 0 fully saturated rings. The summed E-state index contributed by atoms with van der Waals surface area (Å²) >= 11 is 0. The summed E-state index contributed by atoms with van der Waals surface area (Å²) in [5.41, 5.74) is 10.2. The Morgan fingerprint density at radius 1 is 1.40 bits per heavy atom. The zero-order valence-electron chi connectivity index (χ0n) is 5.50. The highest BCUT2D eigenvalue weighted by atomic mass is 35.5. The molecule has 0 aliphatic heterocycles. The summed E-state index contributed by atoms with van der Waals surface area (Å²) in [6.45, 7) is -0.0931. The van der Waals surface area contributed by atoms with Crippen molar-refractivity contribution in [3.8, 4) is 0 Å². The van der Waals surface area contributed by atoms with Crippen molar-refractivity contribution in [1.82, 2.24) is 0 Å². The highest BCUT2D eigenvalue weighted by molar-refractivity contribution is 5.85. The normalized spacial score (nSPS) is 11.9. The molecule has 0 amide bonds. The van der Waals surface area contributed by atoms with Crippen LogP contribution in [-0.2, 0) is 0 Å². The Hall–Kier alpha value is 0.170. The van der Waals surface area contributed by atoms with Crippen LogP contribution in [0.25, 0.3) is 0 Å². The quantitative estimate of drug-likeness (QED) is 0.643. The predicted molar refractivity (Wildman–Crippen MR) is 46.6 cm³/mol. The zero-order chi connectivity index (χ0) is 6.41. The van der Waals surface area contributed by atoms with E-state index < -0.39 is 12.7 Å². The van der Waals surface area contributed by atoms with Gasteiger partial charge in [-0.05, 0) is 0 Å². The summed E-state index contributed by atoms with van der Waals surface area (Å²) in [5.74, 6) is 0. The molecule has 1 unspecified atom stereocenters. The first kappa shape index (κ1) is 16.6. The van der Waals surface area contributed by atoms with Gasteiger partial charge in [0.25, 0.3) is 0 Å². The Labute approximate surface area is 72.7 Å². The minimum Gasteiger partial charge on any atom is -0.327 e. The molecule has 0 radical (unpaired) electrons. The molecule has 0 aliphatic carbocycles. The summed E-state index contributed by atoms with van der Waals surface area (Å²) in [6, 6.07) is -0.474. The van der Waals surface area contributed by atoms with E-state index >= 15 is 0 Å². The molecule has 5 heteroatoms. The summed E-state index contributed by atoms with van der Waals surface area (Å²) in [4.78, 5) is 0. The van der Waals surface area contributed by atoms with Crippen LogP contribution in [0, 0.1) is 0 Å². The van der Waals surface area contributed by atoms with Crippen molar-refractivity contribution < 1.29 is 4.39 Å². The van der Waals surface area contributed by atoms with E-state index in [9.17, 15) is 4.39 Å². The highest BCUT2D eigenvalue weighted by Gasteiger charge is 1.90. The molecule has 64 valence electrons. The summed E-state index contributed by atoms with van der Waals surface area (Å²) in [5, 5.41) is 0. The molecule has 4 N–H and O–H groups in total. The lowest BCUT2D eigenvalue weighted by Crippen LogP contribution is -2.19. The van der Waals surface area contributed by atoms with E-state index in [0.29, 0.717) is 6.54 Å². The monoisotopic (exact) mass is 190 g/mol. The Bertz CT molecular complexity index is 80.0. The average Bonchev–Trinajstić information content (AvgIpc) is 1.83. The second-order valence-electron chi connectivity index (χ2n) is 1.48. The SMILES string of the molecule is Cl.Cl.NC/C=C/C(N)CF. The van der Waals surface area contributed by atoms with Crippen molar-refractivity contribution in [1.29, 1.82) is 0 Å². The van der Waals surface area contributed by atoms with Crippen LogP contribution in [-0.4, -0.2) is 19.3 Å². The Morgan fingerprint density at radius 3 is 2.20 bits per heavy atom. The first-order chi connectivity index (χ1) is 3.81. The number of rotatable bonds is 3. The second kappa shape index (κ2) is 11.9. The molecule has 0 spiro atoms. The van der Waals surface area contributed by atoms with Crippen molar-refractivity contribution in [3.05, 3.63) is 12.2 Å². The minimum absolute atomic E-state index is 0. The van der Waals surface area contributed by atoms with E-state index in [1.807, 2.05) is 0 Å². The highest BCUT2D eigenvalue weighted by Crippen LogP contribution is 1.80. The third-order valence-electron chi connectivity index (χ3n) is 0.698. The minimum atomic E-state index is -0.517. The van der Waals surface area contributed by atoms with E-state index in [1.165, 1.54) is 0 Å². The molecule has 0 aliphatic rings. The third kappa shape index (κ3) is 11.0. The lowest BCUT2D eigenvalue weighted by molar-refractivity contribution is 0.465. The van der Waals surface area contributed by atoms with Gasteiger partial charge >= 0.3 is 0 Å². The van der Waals surface area contributed by atoms with Crippen LogP contribution in [0.4, 0.5) is 4.39 Å². The van der Waals surface area contributed by atoms with Crippen LogP contribution < -0.4 is 11.5 Å². The molecule has 0 saturated carbocycles. The van der Waals surface area contributed by atoms with E-state index in [0.717, 1.165) is 0 Å². The number of hydrogen-bond donors (Lipinski definition) is 2. The molecular formula is C5H13Cl2FN2. The molecule has 1 atom stereocenters. The first-order valence-electron chi connectivity index (χ1n) is 2.49. The topological polar surface area (TPSA) is 52.0 Å². The smallest absolute Gasteiger partial charge is 0.108 e. The van der Waals surface area contributed by atoms with Crippen LogP contribution in [0.3, 0.4) is 0 Å². The lowest BCUT2D eigenvalue weighted by atomic mass is 10.3. The van der Waals surface area contributed by atoms with Crippen LogP contribution in [0.2, 0.25) is 0 Å². The summed E-state index contributed by atoms with van der Waals surface area (Å²) in [6.07, 6.45) is 3.20. The third-order valence-corrected chi connectivity index (χ3v) is 0.698. The van der Waals surface area contributed by atoms with Gasteiger partial charge < -0.3 is 11.5 Å². The van der Waals surface area contributed by atoms with E-state index in [2.05, 4.69) is 0 Å². The maximum absolute atomic E-state index is 11.5. The van der Waals surface area contributed by atoms with Crippen LogP contribution in [0.5, 0.6) is 0 Å². The van der Waals surface area contributed by atoms with Gasteiger partial charge in [-0.1, -0.05) is 12.2 Å². The molecule has 0 bridgehead atoms. The Balaban J connectivity index is -0.000000245. The molecule has 0 aromatic heterocycles. The molecule has 0 heterocycles. The summed E-state index contributed by atoms with van der Waals surface area (Å²) in [7, 11) is 0. The van der Waals surface area contributed by atoms with Gasteiger partial charge in [-0.25, -0.2) is 4.39 Å². The standard InChI is InChI=1S/C5H11FN2.2ClH/c6-4-5(8)2-1-3-7;;/h1-2,5H,3-4,7-8H2;2*1H/b2-1+;;. The Morgan fingerprint density at radius 2 is 1.90 bits per heavy atom. The first-order valence-corrected chi connectivity index (χ1v) is 2.49. The van der Waals surface area contributed by atoms with Gasteiger partial charge in [0, 0.05) is 6.54 Å². The average molecular weight is 191 g/mol. The molecule has 0 aromatic carbocycles. The maximum Gasteiger partial charge on any atom is 0.108 e. The lowest BCUT2D eigenvalue weighted by Gasteiger charge is -1.94. The van der Waals surface area contributed by atoms with Gasteiger partial charge in [0.1, 0.15) is 6.67 Å². The van der Waals surface area contributed by atoms with Gasteiger partial charge in [0.15, 0.2) is 0 Å². The van der Waals surface area contributed by atoms with Gasteiger partial charge in [-0.2, -0.15) is 0 Å². The number of halogens is 3. The molecular weight excluding hydrogens is 178 g/mol. The molecule has 0 rings (SSSR count). The molecule has 0 saturated heterocycles. The van der Waals surface area contributed by atoms with E-state index in [1.54, 1.807) is 12.2 Å². The fourth-order valence-electron chi connectivity index (χ4n) is 0.305. The van der Waals surface area contributed by atoms with E-state index in [4.69, 9.17) is 11.5 Å². The predicted octanol–water partition coefficient (Wildman–Crippen LogP) is 0.642. The van der Waals surface area contributed by atoms with Crippen molar-refractivity contribution in [2.24, 2.45) is 11.5 Å². The van der Waals surface area contributed by atoms with Crippen molar-refractivity contribution in [3.63, 3.8) is 0 Å². The number of hydrogen-bond acceptors (Lipinski definition) is 2. The number of nitrogens with two attached hydrogens (primary N) is 2. The molecule has 2 nitrogen and oxygen atoms in total. The zero-order valence-corrected chi connectivity index (χ0v) is 7.13. The van der Waals surface area contributed by atoms with Gasteiger partial charge in [0.2, 0.25) is 0 Å². The fourth-order valence-corrected chi connectivity index (χ4v) is 0.305. The van der Waals surface area contributed by atoms with Crippen molar-refractivity contribution in [2.75, 3.05) is 13.2 Å². The van der Waals surface area contributed by atoms with Crippen molar-refractivity contribution in [2.45, 2.75) is 6.04 Å².